The van der Waals surface area contributed by atoms with Crippen LogP contribution in [0.2, 0.25) is 0 Å². The van der Waals surface area contributed by atoms with Gasteiger partial charge in [0.25, 0.3) is 0 Å². The molecule has 2 unspecified atom stereocenters. The predicted octanol–water partition coefficient (Wildman–Crippen LogP) is 1.33. The highest BCUT2D eigenvalue weighted by atomic mass is 19.1. The first-order valence-corrected chi connectivity index (χ1v) is 7.96. The topological polar surface area (TPSA) is 58.0 Å². The van der Waals surface area contributed by atoms with Gasteiger partial charge >= 0.3 is 0 Å². The van der Waals surface area contributed by atoms with Crippen LogP contribution in [0.3, 0.4) is 0 Å². The molecule has 0 amide bonds. The molecular formula is C16H23FN6. The highest BCUT2D eigenvalue weighted by Gasteiger charge is 2.29. The Balaban J connectivity index is 1.63. The van der Waals surface area contributed by atoms with Crippen molar-refractivity contribution in [1.82, 2.24) is 30.5 Å². The third kappa shape index (κ3) is 3.74. The molecule has 7 heteroatoms. The quantitative estimate of drug-likeness (QED) is 0.842. The van der Waals surface area contributed by atoms with E-state index in [4.69, 9.17) is 0 Å². The summed E-state index contributed by atoms with van der Waals surface area (Å²) in [7, 11) is 2.09. The number of aromatic nitrogens is 3. The van der Waals surface area contributed by atoms with E-state index in [1.165, 1.54) is 12.1 Å². The maximum absolute atomic E-state index is 13.1. The molecule has 2 aromatic rings. The van der Waals surface area contributed by atoms with Crippen molar-refractivity contribution in [3.63, 3.8) is 0 Å². The van der Waals surface area contributed by atoms with Gasteiger partial charge in [0.05, 0.1) is 12.6 Å². The molecule has 0 saturated carbocycles. The van der Waals surface area contributed by atoms with Gasteiger partial charge < -0.3 is 0 Å². The highest BCUT2D eigenvalue weighted by molar-refractivity contribution is 5.21. The van der Waals surface area contributed by atoms with Crippen LogP contribution in [-0.4, -0.2) is 39.8 Å². The van der Waals surface area contributed by atoms with Crippen molar-refractivity contribution in [2.24, 2.45) is 5.92 Å². The van der Waals surface area contributed by atoms with E-state index < -0.39 is 0 Å². The molecule has 0 aliphatic carbocycles. The summed E-state index contributed by atoms with van der Waals surface area (Å²) in [6, 6.07) is 6.91. The molecule has 23 heavy (non-hydrogen) atoms. The van der Waals surface area contributed by atoms with Gasteiger partial charge in [-0.05, 0) is 31.7 Å². The molecule has 0 radical (unpaired) electrons. The fourth-order valence-electron chi connectivity index (χ4n) is 3.11. The number of hydrogen-bond donors (Lipinski definition) is 2. The molecule has 2 heterocycles. The second kappa shape index (κ2) is 7.16. The van der Waals surface area contributed by atoms with Crippen LogP contribution < -0.4 is 10.9 Å². The van der Waals surface area contributed by atoms with Gasteiger partial charge in [0.2, 0.25) is 0 Å². The third-order valence-corrected chi connectivity index (χ3v) is 4.28. The fraction of sp³-hybridized carbons (Fsp3) is 0.500. The lowest BCUT2D eigenvalue weighted by atomic mass is 9.94. The van der Waals surface area contributed by atoms with E-state index in [9.17, 15) is 4.39 Å². The molecular weight excluding hydrogens is 295 g/mol. The Kier molecular flexibility index (Phi) is 5.00. The summed E-state index contributed by atoms with van der Waals surface area (Å²) in [5.41, 5.74) is 7.62. The zero-order valence-electron chi connectivity index (χ0n) is 13.5. The van der Waals surface area contributed by atoms with Crippen LogP contribution >= 0.6 is 0 Å². The Morgan fingerprint density at radius 3 is 2.87 bits per heavy atom. The molecule has 1 fully saturated rings. The lowest BCUT2D eigenvalue weighted by molar-refractivity contribution is 0.253. The molecule has 2 N–H and O–H groups in total. The zero-order valence-corrected chi connectivity index (χ0v) is 13.5. The number of benzene rings is 1. The van der Waals surface area contributed by atoms with E-state index in [0.29, 0.717) is 5.92 Å². The number of hydrazine groups is 1. The second-order valence-corrected chi connectivity index (χ2v) is 6.00. The van der Waals surface area contributed by atoms with Crippen molar-refractivity contribution in [1.29, 1.82) is 0 Å². The maximum Gasteiger partial charge on any atom is 0.140 e. The minimum atomic E-state index is -0.202. The standard InChI is InChI=1S/C16H23FN6/c1-3-23-15(18-11-20-23)10-22(2)9-13-8-19-21-16(13)12-4-6-14(17)7-5-12/h4-7,11,13,16,19,21H,3,8-10H2,1-2H3. The molecule has 1 aromatic heterocycles. The Morgan fingerprint density at radius 2 is 2.13 bits per heavy atom. The summed E-state index contributed by atoms with van der Waals surface area (Å²) in [5, 5.41) is 4.21. The molecule has 6 nitrogen and oxygen atoms in total. The molecule has 1 aliphatic heterocycles. The van der Waals surface area contributed by atoms with Crippen LogP contribution in [0.5, 0.6) is 0 Å². The SMILES string of the molecule is CCn1ncnc1CN(C)CC1CNNC1c1ccc(F)cc1. The first-order chi connectivity index (χ1) is 11.2. The Hall–Kier alpha value is -1.83. The molecule has 2 atom stereocenters. The van der Waals surface area contributed by atoms with Gasteiger partial charge in [-0.1, -0.05) is 12.1 Å². The van der Waals surface area contributed by atoms with Crippen LogP contribution in [0, 0.1) is 11.7 Å². The first-order valence-electron chi connectivity index (χ1n) is 7.96. The Bertz CT molecular complexity index is 626. The summed E-state index contributed by atoms with van der Waals surface area (Å²) >= 11 is 0. The van der Waals surface area contributed by atoms with Crippen molar-refractivity contribution < 1.29 is 4.39 Å². The minimum Gasteiger partial charge on any atom is -0.299 e. The molecule has 124 valence electrons. The van der Waals surface area contributed by atoms with Gasteiger partial charge in [0, 0.05) is 25.6 Å². The normalized spacial score (nSPS) is 21.2. The van der Waals surface area contributed by atoms with Crippen LogP contribution in [0.4, 0.5) is 4.39 Å². The molecule has 3 rings (SSSR count). The van der Waals surface area contributed by atoms with E-state index >= 15 is 0 Å². The van der Waals surface area contributed by atoms with Gasteiger partial charge in [0.15, 0.2) is 0 Å². The van der Waals surface area contributed by atoms with Crippen molar-refractivity contribution in [3.05, 3.63) is 47.8 Å². The zero-order chi connectivity index (χ0) is 16.2. The minimum absolute atomic E-state index is 0.182. The average Bonchev–Trinajstić information content (AvgIpc) is 3.17. The Morgan fingerprint density at radius 1 is 1.35 bits per heavy atom. The van der Waals surface area contributed by atoms with Crippen molar-refractivity contribution >= 4 is 0 Å². The van der Waals surface area contributed by atoms with Gasteiger partial charge in [0.1, 0.15) is 18.0 Å². The lowest BCUT2D eigenvalue weighted by Gasteiger charge is -2.24. The summed E-state index contributed by atoms with van der Waals surface area (Å²) in [4.78, 5) is 6.58. The number of halogens is 1. The van der Waals surface area contributed by atoms with E-state index in [-0.39, 0.29) is 11.9 Å². The van der Waals surface area contributed by atoms with Crippen LogP contribution in [0.15, 0.2) is 30.6 Å². The molecule has 0 bridgehead atoms. The smallest absolute Gasteiger partial charge is 0.140 e. The fourth-order valence-corrected chi connectivity index (χ4v) is 3.11. The summed E-state index contributed by atoms with van der Waals surface area (Å²) in [5.74, 6) is 1.18. The molecule has 0 spiro atoms. The van der Waals surface area contributed by atoms with Gasteiger partial charge in [-0.3, -0.25) is 10.3 Å². The van der Waals surface area contributed by atoms with Gasteiger partial charge in [-0.15, -0.1) is 0 Å². The monoisotopic (exact) mass is 318 g/mol. The summed E-state index contributed by atoms with van der Waals surface area (Å²) < 4.78 is 15.0. The van der Waals surface area contributed by atoms with Crippen LogP contribution in [0.1, 0.15) is 24.4 Å². The Labute approximate surface area is 135 Å². The second-order valence-electron chi connectivity index (χ2n) is 6.00. The maximum atomic E-state index is 13.1. The van der Waals surface area contributed by atoms with Crippen LogP contribution in [0.25, 0.3) is 0 Å². The van der Waals surface area contributed by atoms with Crippen molar-refractivity contribution in [2.45, 2.75) is 26.1 Å². The van der Waals surface area contributed by atoms with Crippen LogP contribution in [-0.2, 0) is 13.1 Å². The number of aryl methyl sites for hydroxylation is 1. The van der Waals surface area contributed by atoms with E-state index in [1.54, 1.807) is 6.33 Å². The number of hydrogen-bond acceptors (Lipinski definition) is 5. The molecule has 1 aromatic carbocycles. The van der Waals surface area contributed by atoms with Crippen molar-refractivity contribution in [3.8, 4) is 0 Å². The predicted molar refractivity (Wildman–Crippen MR) is 85.8 cm³/mol. The third-order valence-electron chi connectivity index (χ3n) is 4.28. The van der Waals surface area contributed by atoms with E-state index in [1.807, 2.05) is 16.8 Å². The number of nitrogens with zero attached hydrogens (tertiary/aromatic N) is 4. The number of rotatable bonds is 6. The summed E-state index contributed by atoms with van der Waals surface area (Å²) in [6.45, 7) is 5.45. The van der Waals surface area contributed by atoms with Gasteiger partial charge in [-0.2, -0.15) is 5.10 Å². The summed E-state index contributed by atoms with van der Waals surface area (Å²) in [6.07, 6.45) is 1.60. The van der Waals surface area contributed by atoms with E-state index in [2.05, 4.69) is 39.8 Å². The first kappa shape index (κ1) is 16.0. The van der Waals surface area contributed by atoms with E-state index in [0.717, 1.165) is 37.6 Å². The van der Waals surface area contributed by atoms with Gasteiger partial charge in [-0.25, -0.2) is 19.5 Å². The van der Waals surface area contributed by atoms with Crippen molar-refractivity contribution in [2.75, 3.05) is 20.1 Å². The highest BCUT2D eigenvalue weighted by Crippen LogP contribution is 2.25. The lowest BCUT2D eigenvalue weighted by Crippen LogP contribution is -2.31. The number of nitrogens with one attached hydrogen (secondary N) is 2. The average molecular weight is 318 g/mol. The molecule has 1 saturated heterocycles. The largest absolute Gasteiger partial charge is 0.299 e. The molecule has 1 aliphatic rings.